The number of nitrogens with two attached hydrogens (primary N) is 2. The van der Waals surface area contributed by atoms with Crippen molar-refractivity contribution in [1.82, 2.24) is 15.0 Å². The summed E-state index contributed by atoms with van der Waals surface area (Å²) in [6.07, 6.45) is 1.51. The summed E-state index contributed by atoms with van der Waals surface area (Å²) in [4.78, 5) is 27.3. The van der Waals surface area contributed by atoms with Gasteiger partial charge in [0, 0.05) is 31.5 Å². The lowest BCUT2D eigenvalue weighted by Gasteiger charge is -2.33. The molecular weight excluding hydrogens is 435 g/mol. The summed E-state index contributed by atoms with van der Waals surface area (Å²) in [5.41, 5.74) is 12.4. The Bertz CT molecular complexity index is 1170. The molecule has 5 N–H and O–H groups in total. The number of amides is 1. The predicted octanol–water partition coefficient (Wildman–Crippen LogP) is 3.32. The number of piperidine rings is 1. The van der Waals surface area contributed by atoms with E-state index in [9.17, 15) is 18.0 Å². The van der Waals surface area contributed by atoms with Crippen molar-refractivity contribution in [3.05, 3.63) is 60.2 Å². The number of rotatable bonds is 4. The Balaban J connectivity index is 1.62. The maximum Gasteiger partial charge on any atom is 0.416 e. The molecule has 8 nitrogen and oxygen atoms in total. The van der Waals surface area contributed by atoms with Crippen molar-refractivity contribution in [3.8, 4) is 11.4 Å². The Labute approximate surface area is 187 Å². The summed E-state index contributed by atoms with van der Waals surface area (Å²) in [7, 11) is 0. The van der Waals surface area contributed by atoms with Crippen molar-refractivity contribution >= 4 is 23.0 Å². The molecule has 1 unspecified atom stereocenters. The standard InChI is InChI=1S/C22H22F3N7O/c23-22(24,25)13-5-8-29-17(10-13)16-4-3-15(27)20(30-16)21(33)31-18-11-28-7-6-19(18)32-9-1-2-14(26)12-32/h3-8,10-11,14H,1-2,9,12,26-27H2,(H,31,33). The molecule has 0 radical (unpaired) electrons. The van der Waals surface area contributed by atoms with Crippen molar-refractivity contribution in [1.29, 1.82) is 0 Å². The maximum absolute atomic E-state index is 13.1. The van der Waals surface area contributed by atoms with Gasteiger partial charge in [-0.1, -0.05) is 0 Å². The minimum Gasteiger partial charge on any atom is -0.397 e. The highest BCUT2D eigenvalue weighted by Gasteiger charge is 2.31. The second-order valence-corrected chi connectivity index (χ2v) is 7.76. The first kappa shape index (κ1) is 22.5. The van der Waals surface area contributed by atoms with Crippen LogP contribution in [0.25, 0.3) is 11.4 Å². The zero-order chi connectivity index (χ0) is 23.6. The molecule has 4 rings (SSSR count). The number of aromatic nitrogens is 3. The van der Waals surface area contributed by atoms with Gasteiger partial charge in [-0.3, -0.25) is 14.8 Å². The molecule has 0 aromatic carbocycles. The second-order valence-electron chi connectivity index (χ2n) is 7.76. The number of nitrogens with one attached hydrogen (secondary N) is 1. The lowest BCUT2D eigenvalue weighted by Crippen LogP contribution is -2.43. The molecule has 1 amide bonds. The molecule has 3 aromatic heterocycles. The van der Waals surface area contributed by atoms with E-state index in [1.807, 2.05) is 0 Å². The van der Waals surface area contributed by atoms with Gasteiger partial charge in [0.05, 0.1) is 40.2 Å². The smallest absolute Gasteiger partial charge is 0.397 e. The molecule has 1 aliphatic rings. The Morgan fingerprint density at radius 1 is 1.15 bits per heavy atom. The number of nitrogen functional groups attached to an aromatic ring is 1. The maximum atomic E-state index is 13.1. The van der Waals surface area contributed by atoms with E-state index in [1.54, 1.807) is 12.3 Å². The highest BCUT2D eigenvalue weighted by molar-refractivity contribution is 6.07. The summed E-state index contributed by atoms with van der Waals surface area (Å²) < 4.78 is 39.2. The minimum absolute atomic E-state index is 0.0248. The normalized spacial score (nSPS) is 16.5. The quantitative estimate of drug-likeness (QED) is 0.549. The van der Waals surface area contributed by atoms with Gasteiger partial charge in [-0.15, -0.1) is 0 Å². The van der Waals surface area contributed by atoms with Crippen LogP contribution in [0.1, 0.15) is 28.9 Å². The van der Waals surface area contributed by atoms with Crippen molar-refractivity contribution in [2.75, 3.05) is 29.0 Å². The van der Waals surface area contributed by atoms with Gasteiger partial charge in [0.1, 0.15) is 0 Å². The topological polar surface area (TPSA) is 123 Å². The summed E-state index contributed by atoms with van der Waals surface area (Å²) in [6, 6.07) is 6.38. The Morgan fingerprint density at radius 3 is 2.73 bits per heavy atom. The van der Waals surface area contributed by atoms with E-state index in [4.69, 9.17) is 11.5 Å². The number of carbonyl (C=O) groups is 1. The molecular formula is C22H22F3N7O. The number of pyridine rings is 3. The molecule has 1 aliphatic heterocycles. The fourth-order valence-electron chi connectivity index (χ4n) is 3.71. The zero-order valence-corrected chi connectivity index (χ0v) is 17.5. The number of alkyl halides is 3. The molecule has 1 saturated heterocycles. The van der Waals surface area contributed by atoms with Crippen LogP contribution in [0.4, 0.5) is 30.2 Å². The molecule has 3 aromatic rings. The molecule has 1 atom stereocenters. The van der Waals surface area contributed by atoms with Crippen LogP contribution in [0.5, 0.6) is 0 Å². The van der Waals surface area contributed by atoms with Crippen molar-refractivity contribution < 1.29 is 18.0 Å². The van der Waals surface area contributed by atoms with Crippen LogP contribution in [0, 0.1) is 0 Å². The Morgan fingerprint density at radius 2 is 1.97 bits per heavy atom. The van der Waals surface area contributed by atoms with E-state index in [2.05, 4.69) is 25.2 Å². The molecule has 11 heteroatoms. The highest BCUT2D eigenvalue weighted by Crippen LogP contribution is 2.32. The second kappa shape index (κ2) is 9.02. The molecule has 0 aliphatic carbocycles. The van der Waals surface area contributed by atoms with E-state index in [0.717, 1.165) is 43.4 Å². The monoisotopic (exact) mass is 457 g/mol. The van der Waals surface area contributed by atoms with Gasteiger partial charge in [0.2, 0.25) is 0 Å². The van der Waals surface area contributed by atoms with Crippen LogP contribution < -0.4 is 21.7 Å². The van der Waals surface area contributed by atoms with Crippen LogP contribution in [0.15, 0.2) is 48.9 Å². The Kier molecular flexibility index (Phi) is 6.14. The largest absolute Gasteiger partial charge is 0.416 e. The summed E-state index contributed by atoms with van der Waals surface area (Å²) in [5.74, 6) is -0.614. The zero-order valence-electron chi connectivity index (χ0n) is 17.5. The van der Waals surface area contributed by atoms with E-state index in [0.29, 0.717) is 12.2 Å². The molecule has 33 heavy (non-hydrogen) atoms. The van der Waals surface area contributed by atoms with Crippen molar-refractivity contribution in [2.45, 2.75) is 25.1 Å². The molecule has 172 valence electrons. The van der Waals surface area contributed by atoms with E-state index in [1.165, 1.54) is 18.3 Å². The van der Waals surface area contributed by atoms with Crippen molar-refractivity contribution in [2.24, 2.45) is 5.73 Å². The number of carbonyl (C=O) groups excluding carboxylic acids is 1. The Hall–Kier alpha value is -3.73. The number of nitrogens with zero attached hydrogens (tertiary/aromatic N) is 4. The summed E-state index contributed by atoms with van der Waals surface area (Å²) in [6.45, 7) is 1.43. The third-order valence-electron chi connectivity index (χ3n) is 5.34. The number of anilines is 3. The average molecular weight is 457 g/mol. The first-order valence-electron chi connectivity index (χ1n) is 10.3. The molecule has 1 fully saturated rings. The van der Waals surface area contributed by atoms with Crippen LogP contribution in [-0.4, -0.2) is 40.0 Å². The van der Waals surface area contributed by atoms with Crippen LogP contribution in [0.3, 0.4) is 0 Å². The lowest BCUT2D eigenvalue weighted by molar-refractivity contribution is -0.137. The molecule has 4 heterocycles. The first-order chi connectivity index (χ1) is 15.7. The van der Waals surface area contributed by atoms with Crippen LogP contribution in [-0.2, 0) is 6.18 Å². The van der Waals surface area contributed by atoms with E-state index < -0.39 is 17.6 Å². The third kappa shape index (κ3) is 5.03. The van der Waals surface area contributed by atoms with Gasteiger partial charge in [-0.25, -0.2) is 4.98 Å². The van der Waals surface area contributed by atoms with E-state index >= 15 is 0 Å². The third-order valence-corrected chi connectivity index (χ3v) is 5.34. The molecule has 0 spiro atoms. The fraction of sp³-hybridized carbons (Fsp3) is 0.273. The fourth-order valence-corrected chi connectivity index (χ4v) is 3.71. The van der Waals surface area contributed by atoms with Crippen LogP contribution in [0.2, 0.25) is 0 Å². The summed E-state index contributed by atoms with van der Waals surface area (Å²) in [5, 5.41) is 2.77. The molecule has 0 bridgehead atoms. The van der Waals surface area contributed by atoms with Gasteiger partial charge < -0.3 is 21.7 Å². The first-order valence-corrected chi connectivity index (χ1v) is 10.3. The number of hydrogen-bond donors (Lipinski definition) is 3. The van der Waals surface area contributed by atoms with Gasteiger partial charge in [0.15, 0.2) is 5.69 Å². The van der Waals surface area contributed by atoms with Crippen molar-refractivity contribution in [3.63, 3.8) is 0 Å². The van der Waals surface area contributed by atoms with Gasteiger partial charge in [-0.05, 0) is 43.2 Å². The van der Waals surface area contributed by atoms with Gasteiger partial charge in [-0.2, -0.15) is 13.2 Å². The van der Waals surface area contributed by atoms with E-state index in [-0.39, 0.29) is 28.8 Å². The number of hydrogen-bond acceptors (Lipinski definition) is 7. The SMILES string of the molecule is Nc1ccc(-c2cc(C(F)(F)F)ccn2)nc1C(=O)Nc1cnccc1N1CCCC(N)C1. The number of halogens is 3. The lowest BCUT2D eigenvalue weighted by atomic mass is 10.1. The van der Waals surface area contributed by atoms with Gasteiger partial charge in [0.25, 0.3) is 5.91 Å². The molecule has 0 saturated carbocycles. The summed E-state index contributed by atoms with van der Waals surface area (Å²) >= 11 is 0. The average Bonchev–Trinajstić information content (AvgIpc) is 2.79. The van der Waals surface area contributed by atoms with Crippen LogP contribution >= 0.6 is 0 Å². The minimum atomic E-state index is -4.53. The van der Waals surface area contributed by atoms with Gasteiger partial charge >= 0.3 is 6.18 Å². The predicted molar refractivity (Wildman–Crippen MR) is 118 cm³/mol. The highest BCUT2D eigenvalue weighted by atomic mass is 19.4.